The van der Waals surface area contributed by atoms with Gasteiger partial charge in [0.25, 0.3) is 0 Å². The van der Waals surface area contributed by atoms with Crippen LogP contribution in [0.25, 0.3) is 0 Å². The highest BCUT2D eigenvalue weighted by Crippen LogP contribution is 2.26. The third kappa shape index (κ3) is 2.56. The summed E-state index contributed by atoms with van der Waals surface area (Å²) < 4.78 is 0. The first-order valence-electron chi connectivity index (χ1n) is 5.87. The van der Waals surface area contributed by atoms with E-state index >= 15 is 0 Å². The Morgan fingerprint density at radius 3 is 2.50 bits per heavy atom. The lowest BCUT2D eigenvalue weighted by Gasteiger charge is -2.08. The normalized spacial score (nSPS) is 14.3. The number of Topliss-reactive ketones (excluding diaryl/α,β-unsaturated/α-hetero) is 1. The number of amides is 2. The van der Waals surface area contributed by atoms with Crippen molar-refractivity contribution < 1.29 is 14.4 Å². The predicted molar refractivity (Wildman–Crippen MR) is 67.6 cm³/mol. The minimum Gasteiger partial charge on any atom is -0.324 e. The van der Waals surface area contributed by atoms with E-state index in [1.54, 1.807) is 18.2 Å². The van der Waals surface area contributed by atoms with Crippen molar-refractivity contribution in [3.8, 4) is 0 Å². The number of fused-ring (bicyclic) bond motifs is 1. The van der Waals surface area contributed by atoms with Crippen LogP contribution in [0.4, 0.5) is 11.4 Å². The quantitative estimate of drug-likeness (QED) is 0.632. The molecule has 0 saturated carbocycles. The van der Waals surface area contributed by atoms with E-state index in [2.05, 4.69) is 10.6 Å². The zero-order chi connectivity index (χ0) is 13.1. The molecule has 0 radical (unpaired) electrons. The smallest absolute Gasteiger partial charge is 0.233 e. The lowest BCUT2D eigenvalue weighted by Crippen LogP contribution is -2.16. The Hall–Kier alpha value is -2.17. The Balaban J connectivity index is 2.34. The van der Waals surface area contributed by atoms with Crippen molar-refractivity contribution in [2.75, 3.05) is 10.6 Å². The van der Waals surface area contributed by atoms with Gasteiger partial charge in [0.15, 0.2) is 5.78 Å². The monoisotopic (exact) mass is 246 g/mol. The third-order valence-electron chi connectivity index (χ3n) is 2.69. The first-order chi connectivity index (χ1) is 8.60. The molecule has 5 nitrogen and oxygen atoms in total. The van der Waals surface area contributed by atoms with Gasteiger partial charge in [0, 0.05) is 12.0 Å². The highest BCUT2D eigenvalue weighted by Gasteiger charge is 2.19. The van der Waals surface area contributed by atoms with Crippen LogP contribution in [0.5, 0.6) is 0 Å². The highest BCUT2D eigenvalue weighted by atomic mass is 16.2. The van der Waals surface area contributed by atoms with E-state index in [1.165, 1.54) is 0 Å². The van der Waals surface area contributed by atoms with Crippen molar-refractivity contribution in [2.45, 2.75) is 26.2 Å². The van der Waals surface area contributed by atoms with Crippen LogP contribution in [0.3, 0.4) is 0 Å². The van der Waals surface area contributed by atoms with E-state index in [9.17, 15) is 14.4 Å². The van der Waals surface area contributed by atoms with Crippen molar-refractivity contribution in [1.82, 2.24) is 0 Å². The Morgan fingerprint density at radius 2 is 1.83 bits per heavy atom. The summed E-state index contributed by atoms with van der Waals surface area (Å²) in [5, 5.41) is 5.23. The molecule has 0 fully saturated rings. The van der Waals surface area contributed by atoms with Crippen molar-refractivity contribution in [1.29, 1.82) is 0 Å². The maximum absolute atomic E-state index is 11.8. The van der Waals surface area contributed by atoms with Crippen LogP contribution in [0.2, 0.25) is 0 Å². The minimum absolute atomic E-state index is 0.0325. The van der Waals surface area contributed by atoms with Gasteiger partial charge in [-0.25, -0.2) is 0 Å². The summed E-state index contributed by atoms with van der Waals surface area (Å²) in [6.45, 7) is 1.93. The van der Waals surface area contributed by atoms with Gasteiger partial charge in [0.1, 0.15) is 6.42 Å². The molecule has 0 saturated heterocycles. The van der Waals surface area contributed by atoms with Crippen LogP contribution in [0, 0.1) is 0 Å². The van der Waals surface area contributed by atoms with Crippen LogP contribution < -0.4 is 10.6 Å². The van der Waals surface area contributed by atoms with Crippen molar-refractivity contribution >= 4 is 29.0 Å². The fourth-order valence-electron chi connectivity index (χ4n) is 1.84. The minimum atomic E-state index is -0.369. The predicted octanol–water partition coefficient (Wildman–Crippen LogP) is 1.95. The number of carbonyl (C=O) groups excluding carboxylic acids is 3. The fourth-order valence-corrected chi connectivity index (χ4v) is 1.84. The van der Waals surface area contributed by atoms with Crippen LogP contribution in [-0.4, -0.2) is 17.6 Å². The Labute approximate surface area is 105 Å². The molecule has 2 rings (SSSR count). The molecule has 0 bridgehead atoms. The Kier molecular flexibility index (Phi) is 3.41. The van der Waals surface area contributed by atoms with E-state index in [-0.39, 0.29) is 24.0 Å². The van der Waals surface area contributed by atoms with Gasteiger partial charge in [-0.3, -0.25) is 14.4 Å². The molecule has 2 amide bonds. The molecule has 5 heteroatoms. The molecule has 2 N–H and O–H groups in total. The van der Waals surface area contributed by atoms with E-state index in [0.29, 0.717) is 23.4 Å². The van der Waals surface area contributed by atoms with Gasteiger partial charge in [-0.1, -0.05) is 6.92 Å². The molecule has 0 aromatic heterocycles. The summed E-state index contributed by atoms with van der Waals surface area (Å²) in [4.78, 5) is 34.5. The number of rotatable bonds is 3. The maximum Gasteiger partial charge on any atom is 0.233 e. The van der Waals surface area contributed by atoms with Gasteiger partial charge in [0.2, 0.25) is 11.8 Å². The summed E-state index contributed by atoms with van der Waals surface area (Å²) in [5.74, 6) is -0.685. The van der Waals surface area contributed by atoms with E-state index in [4.69, 9.17) is 0 Å². The second-order valence-corrected chi connectivity index (χ2v) is 4.21. The number of anilines is 2. The molecule has 0 spiro atoms. The first-order valence-corrected chi connectivity index (χ1v) is 5.87. The molecular formula is C13H14N2O3. The Morgan fingerprint density at radius 1 is 1.17 bits per heavy atom. The summed E-state index contributed by atoms with van der Waals surface area (Å²) in [6, 6.07) is 4.91. The SMILES string of the molecule is CCCC(=O)c1ccc2c(c1)NC(=O)CC(=O)N2. The van der Waals surface area contributed by atoms with Crippen molar-refractivity contribution in [3.05, 3.63) is 23.8 Å². The standard InChI is InChI=1S/C13H14N2O3/c1-2-3-11(16)8-4-5-9-10(6-8)15-13(18)7-12(17)14-9/h4-6H,2-3,7H2,1H3,(H,14,17)(H,15,18). The average Bonchev–Trinajstić information content (AvgIpc) is 2.44. The molecule has 1 aliphatic heterocycles. The van der Waals surface area contributed by atoms with Crippen LogP contribution in [-0.2, 0) is 9.59 Å². The second kappa shape index (κ2) is 5.00. The topological polar surface area (TPSA) is 75.3 Å². The summed E-state index contributed by atoms with van der Waals surface area (Å²) in [6.07, 6.45) is 1.05. The molecule has 0 atom stereocenters. The molecule has 1 aliphatic rings. The molecule has 0 unspecified atom stereocenters. The van der Waals surface area contributed by atoms with Gasteiger partial charge in [-0.05, 0) is 24.6 Å². The second-order valence-electron chi connectivity index (χ2n) is 4.21. The lowest BCUT2D eigenvalue weighted by atomic mass is 10.1. The van der Waals surface area contributed by atoms with Crippen LogP contribution >= 0.6 is 0 Å². The molecule has 1 aromatic carbocycles. The van der Waals surface area contributed by atoms with E-state index in [0.717, 1.165) is 6.42 Å². The van der Waals surface area contributed by atoms with E-state index in [1.807, 2.05) is 6.92 Å². The van der Waals surface area contributed by atoms with Gasteiger partial charge >= 0.3 is 0 Å². The number of nitrogens with one attached hydrogen (secondary N) is 2. The average molecular weight is 246 g/mol. The molecule has 1 heterocycles. The fraction of sp³-hybridized carbons (Fsp3) is 0.308. The zero-order valence-electron chi connectivity index (χ0n) is 10.1. The number of hydrogen-bond donors (Lipinski definition) is 2. The first kappa shape index (κ1) is 12.3. The van der Waals surface area contributed by atoms with Crippen LogP contribution in [0.15, 0.2) is 18.2 Å². The summed E-state index contributed by atoms with van der Waals surface area (Å²) in [7, 11) is 0. The summed E-state index contributed by atoms with van der Waals surface area (Å²) >= 11 is 0. The molecule has 1 aromatic rings. The highest BCUT2D eigenvalue weighted by molar-refractivity contribution is 6.14. The zero-order valence-corrected chi connectivity index (χ0v) is 10.1. The maximum atomic E-state index is 11.8. The molecule has 0 aliphatic carbocycles. The number of carbonyl (C=O) groups is 3. The van der Waals surface area contributed by atoms with Gasteiger partial charge in [-0.2, -0.15) is 0 Å². The number of benzene rings is 1. The molecule has 18 heavy (non-hydrogen) atoms. The van der Waals surface area contributed by atoms with Crippen LogP contribution in [0.1, 0.15) is 36.5 Å². The van der Waals surface area contributed by atoms with Gasteiger partial charge in [-0.15, -0.1) is 0 Å². The molecular weight excluding hydrogens is 232 g/mol. The molecule has 94 valence electrons. The number of ketones is 1. The number of hydrogen-bond acceptors (Lipinski definition) is 3. The van der Waals surface area contributed by atoms with Crippen molar-refractivity contribution in [3.63, 3.8) is 0 Å². The third-order valence-corrected chi connectivity index (χ3v) is 2.69. The lowest BCUT2D eigenvalue weighted by molar-refractivity contribution is -0.123. The van der Waals surface area contributed by atoms with Gasteiger partial charge < -0.3 is 10.6 Å². The van der Waals surface area contributed by atoms with Gasteiger partial charge in [0.05, 0.1) is 11.4 Å². The largest absolute Gasteiger partial charge is 0.324 e. The van der Waals surface area contributed by atoms with E-state index < -0.39 is 0 Å². The van der Waals surface area contributed by atoms with Crippen molar-refractivity contribution in [2.24, 2.45) is 0 Å². The Bertz CT molecular complexity index is 523. The summed E-state index contributed by atoms with van der Waals surface area (Å²) in [5.41, 5.74) is 1.55.